The van der Waals surface area contributed by atoms with Crippen LogP contribution in [0.25, 0.3) is 0 Å². The first kappa shape index (κ1) is 12.0. The van der Waals surface area contributed by atoms with Crippen molar-refractivity contribution in [3.63, 3.8) is 0 Å². The number of ether oxygens (including phenoxy) is 2. The Morgan fingerprint density at radius 2 is 2.24 bits per heavy atom. The van der Waals surface area contributed by atoms with E-state index in [9.17, 15) is 9.18 Å². The van der Waals surface area contributed by atoms with Gasteiger partial charge in [0, 0.05) is 6.54 Å². The van der Waals surface area contributed by atoms with E-state index in [-0.39, 0.29) is 11.7 Å². The second kappa shape index (κ2) is 5.75. The molecular formula is C12H14FNO3. The van der Waals surface area contributed by atoms with E-state index in [1.165, 1.54) is 12.1 Å². The summed E-state index contributed by atoms with van der Waals surface area (Å²) in [5.41, 5.74) is 0.0456. The third kappa shape index (κ3) is 3.25. The molecule has 1 saturated heterocycles. The minimum Gasteiger partial charge on any atom is -0.376 e. The molecule has 1 fully saturated rings. The number of hydrogen-bond donors (Lipinski definition) is 1. The molecule has 0 bridgehead atoms. The van der Waals surface area contributed by atoms with Gasteiger partial charge in [0.2, 0.25) is 0 Å². The Labute approximate surface area is 98.7 Å². The number of benzene rings is 1. The summed E-state index contributed by atoms with van der Waals surface area (Å²) in [5.74, 6) is -0.955. The van der Waals surface area contributed by atoms with Crippen LogP contribution in [0.1, 0.15) is 10.4 Å². The molecule has 17 heavy (non-hydrogen) atoms. The van der Waals surface area contributed by atoms with Crippen molar-refractivity contribution in [3.05, 3.63) is 35.6 Å². The lowest BCUT2D eigenvalue weighted by atomic mass is 10.2. The fourth-order valence-corrected chi connectivity index (χ4v) is 1.60. The van der Waals surface area contributed by atoms with Crippen LogP contribution >= 0.6 is 0 Å². The predicted octanol–water partition coefficient (Wildman–Crippen LogP) is 0.971. The second-order valence-electron chi connectivity index (χ2n) is 3.76. The van der Waals surface area contributed by atoms with Gasteiger partial charge in [-0.15, -0.1) is 0 Å². The van der Waals surface area contributed by atoms with E-state index >= 15 is 0 Å². The van der Waals surface area contributed by atoms with Crippen molar-refractivity contribution in [2.45, 2.75) is 6.10 Å². The van der Waals surface area contributed by atoms with Crippen LogP contribution in [0, 0.1) is 5.82 Å². The minimum absolute atomic E-state index is 0.0456. The molecule has 1 aromatic carbocycles. The smallest absolute Gasteiger partial charge is 0.254 e. The molecule has 92 valence electrons. The number of amides is 1. The average molecular weight is 239 g/mol. The topological polar surface area (TPSA) is 47.6 Å². The van der Waals surface area contributed by atoms with Gasteiger partial charge in [0.05, 0.1) is 31.5 Å². The molecule has 1 N–H and O–H groups in total. The van der Waals surface area contributed by atoms with E-state index in [2.05, 4.69) is 5.32 Å². The first-order valence-electron chi connectivity index (χ1n) is 5.49. The van der Waals surface area contributed by atoms with Gasteiger partial charge in [-0.2, -0.15) is 0 Å². The normalized spacial score (nSPS) is 19.9. The van der Waals surface area contributed by atoms with E-state index in [1.807, 2.05) is 0 Å². The molecule has 0 radical (unpaired) electrons. The molecule has 0 aliphatic carbocycles. The fraction of sp³-hybridized carbons (Fsp3) is 0.417. The Morgan fingerprint density at radius 3 is 2.94 bits per heavy atom. The molecule has 1 heterocycles. The lowest BCUT2D eigenvalue weighted by Gasteiger charge is -2.23. The van der Waals surface area contributed by atoms with Gasteiger partial charge in [-0.3, -0.25) is 4.79 Å². The molecule has 4 nitrogen and oxygen atoms in total. The zero-order valence-electron chi connectivity index (χ0n) is 9.32. The highest BCUT2D eigenvalue weighted by molar-refractivity contribution is 5.94. The zero-order valence-corrected chi connectivity index (χ0v) is 9.32. The summed E-state index contributed by atoms with van der Waals surface area (Å²) >= 11 is 0. The summed E-state index contributed by atoms with van der Waals surface area (Å²) in [6.45, 7) is 1.89. The Kier molecular flexibility index (Phi) is 4.06. The molecular weight excluding hydrogens is 225 g/mol. The number of hydrogen-bond acceptors (Lipinski definition) is 3. The monoisotopic (exact) mass is 239 g/mol. The number of carbonyl (C=O) groups is 1. The summed E-state index contributed by atoms with van der Waals surface area (Å²) < 4.78 is 23.8. The third-order valence-electron chi connectivity index (χ3n) is 2.49. The first-order valence-corrected chi connectivity index (χ1v) is 5.49. The number of rotatable bonds is 3. The molecule has 1 aliphatic heterocycles. The molecule has 2 rings (SSSR count). The quantitative estimate of drug-likeness (QED) is 0.855. The van der Waals surface area contributed by atoms with Crippen LogP contribution in [0.15, 0.2) is 24.3 Å². The van der Waals surface area contributed by atoms with E-state index in [0.717, 1.165) is 0 Å². The van der Waals surface area contributed by atoms with Gasteiger partial charge in [0.15, 0.2) is 0 Å². The number of halogens is 1. The van der Waals surface area contributed by atoms with Crippen molar-refractivity contribution < 1.29 is 18.7 Å². The number of nitrogens with one attached hydrogen (secondary N) is 1. The third-order valence-corrected chi connectivity index (χ3v) is 2.49. The van der Waals surface area contributed by atoms with Gasteiger partial charge in [-0.05, 0) is 12.1 Å². The van der Waals surface area contributed by atoms with Crippen molar-refractivity contribution in [2.24, 2.45) is 0 Å². The largest absolute Gasteiger partial charge is 0.376 e. The van der Waals surface area contributed by atoms with Crippen molar-refractivity contribution in [1.29, 1.82) is 0 Å². The zero-order chi connectivity index (χ0) is 12.1. The summed E-state index contributed by atoms with van der Waals surface area (Å²) in [6.07, 6.45) is -0.153. The van der Waals surface area contributed by atoms with Gasteiger partial charge in [-0.25, -0.2) is 4.39 Å². The molecule has 1 aliphatic rings. The van der Waals surface area contributed by atoms with Crippen molar-refractivity contribution in [1.82, 2.24) is 5.32 Å². The highest BCUT2D eigenvalue weighted by Crippen LogP contribution is 2.06. The van der Waals surface area contributed by atoms with Crippen molar-refractivity contribution in [3.8, 4) is 0 Å². The van der Waals surface area contributed by atoms with Gasteiger partial charge >= 0.3 is 0 Å². The molecule has 0 saturated carbocycles. The summed E-state index contributed by atoms with van der Waals surface area (Å²) in [5, 5.41) is 2.63. The fourth-order valence-electron chi connectivity index (χ4n) is 1.60. The Hall–Kier alpha value is -1.46. The summed E-state index contributed by atoms with van der Waals surface area (Å²) in [7, 11) is 0. The first-order chi connectivity index (χ1) is 8.27. The lowest BCUT2D eigenvalue weighted by molar-refractivity contribution is -0.0855. The Bertz CT molecular complexity index is 391. The highest BCUT2D eigenvalue weighted by Gasteiger charge is 2.16. The van der Waals surface area contributed by atoms with E-state index < -0.39 is 11.7 Å². The molecule has 0 aromatic heterocycles. The lowest BCUT2D eigenvalue weighted by Crippen LogP contribution is -2.39. The summed E-state index contributed by atoms with van der Waals surface area (Å²) in [4.78, 5) is 11.7. The predicted molar refractivity (Wildman–Crippen MR) is 59.3 cm³/mol. The number of carbonyl (C=O) groups excluding carboxylic acids is 1. The van der Waals surface area contributed by atoms with Crippen LogP contribution in [0.5, 0.6) is 0 Å². The standard InChI is InChI=1S/C12H14FNO3/c13-11-4-2-1-3-10(11)12(15)14-7-9-8-16-5-6-17-9/h1-4,9H,5-8H2,(H,14,15). The van der Waals surface area contributed by atoms with Crippen LogP contribution in [0.4, 0.5) is 4.39 Å². The SMILES string of the molecule is O=C(NCC1COCCO1)c1ccccc1F. The van der Waals surface area contributed by atoms with Gasteiger partial charge < -0.3 is 14.8 Å². The molecule has 1 amide bonds. The van der Waals surface area contributed by atoms with Gasteiger partial charge in [-0.1, -0.05) is 12.1 Å². The van der Waals surface area contributed by atoms with Crippen molar-refractivity contribution >= 4 is 5.91 Å². The van der Waals surface area contributed by atoms with Crippen LogP contribution < -0.4 is 5.32 Å². The Morgan fingerprint density at radius 1 is 1.41 bits per heavy atom. The van der Waals surface area contributed by atoms with Crippen LogP contribution in [-0.4, -0.2) is 38.4 Å². The molecule has 0 spiro atoms. The van der Waals surface area contributed by atoms with Gasteiger partial charge in [0.1, 0.15) is 5.82 Å². The maximum absolute atomic E-state index is 13.3. The van der Waals surface area contributed by atoms with E-state index in [4.69, 9.17) is 9.47 Å². The summed E-state index contributed by atoms with van der Waals surface area (Å²) in [6, 6.07) is 5.88. The van der Waals surface area contributed by atoms with E-state index in [0.29, 0.717) is 26.4 Å². The van der Waals surface area contributed by atoms with Crippen molar-refractivity contribution in [2.75, 3.05) is 26.4 Å². The Balaban J connectivity index is 1.87. The average Bonchev–Trinajstić information content (AvgIpc) is 2.38. The van der Waals surface area contributed by atoms with Crippen LogP contribution in [0.2, 0.25) is 0 Å². The molecule has 1 aromatic rings. The van der Waals surface area contributed by atoms with Crippen LogP contribution in [0.3, 0.4) is 0 Å². The molecule has 5 heteroatoms. The minimum atomic E-state index is -0.522. The highest BCUT2D eigenvalue weighted by atomic mass is 19.1. The molecule has 1 atom stereocenters. The van der Waals surface area contributed by atoms with Crippen LogP contribution in [-0.2, 0) is 9.47 Å². The van der Waals surface area contributed by atoms with Gasteiger partial charge in [0.25, 0.3) is 5.91 Å². The molecule has 1 unspecified atom stereocenters. The maximum atomic E-state index is 13.3. The van der Waals surface area contributed by atoms with E-state index in [1.54, 1.807) is 12.1 Å². The second-order valence-corrected chi connectivity index (χ2v) is 3.76. The maximum Gasteiger partial charge on any atom is 0.254 e.